The van der Waals surface area contributed by atoms with E-state index in [1.54, 1.807) is 0 Å². The van der Waals surface area contributed by atoms with Gasteiger partial charge in [0.1, 0.15) is 5.82 Å². The van der Waals surface area contributed by atoms with Gasteiger partial charge in [0.2, 0.25) is 0 Å². The van der Waals surface area contributed by atoms with E-state index in [1.165, 1.54) is 17.8 Å². The molecular formula is C12H24N2. The summed E-state index contributed by atoms with van der Waals surface area (Å²) in [5, 5.41) is 0. The van der Waals surface area contributed by atoms with Gasteiger partial charge in [-0.3, -0.25) is 0 Å². The second kappa shape index (κ2) is 7.60. The molecular weight excluding hydrogens is 172 g/mol. The van der Waals surface area contributed by atoms with Crippen molar-refractivity contribution in [2.75, 3.05) is 13.6 Å². The summed E-state index contributed by atoms with van der Waals surface area (Å²) in [6, 6.07) is 0. The fourth-order valence-corrected chi connectivity index (χ4v) is 1.45. The van der Waals surface area contributed by atoms with Gasteiger partial charge in [-0.2, -0.15) is 0 Å². The lowest BCUT2D eigenvalue weighted by Gasteiger charge is -2.23. The third-order valence-electron chi connectivity index (χ3n) is 2.37. The molecule has 0 spiro atoms. The van der Waals surface area contributed by atoms with E-state index in [1.807, 2.05) is 20.1 Å². The van der Waals surface area contributed by atoms with E-state index >= 15 is 0 Å². The van der Waals surface area contributed by atoms with Crippen LogP contribution in [0, 0.1) is 0 Å². The molecule has 0 amide bonds. The molecule has 1 aliphatic heterocycles. The highest BCUT2D eigenvalue weighted by atomic mass is 15.2. The predicted octanol–water partition coefficient (Wildman–Crippen LogP) is 3.45. The molecule has 0 aromatic carbocycles. The molecule has 0 saturated carbocycles. The highest BCUT2D eigenvalue weighted by Crippen LogP contribution is 2.21. The largest absolute Gasteiger partial charge is 0.360 e. The van der Waals surface area contributed by atoms with Crippen molar-refractivity contribution in [2.45, 2.75) is 47.0 Å². The van der Waals surface area contributed by atoms with Crippen molar-refractivity contribution >= 4 is 6.21 Å². The van der Waals surface area contributed by atoms with E-state index in [0.29, 0.717) is 0 Å². The normalized spacial score (nSPS) is 14.9. The molecule has 1 heterocycles. The Balaban J connectivity index is 0.000000791. The van der Waals surface area contributed by atoms with Gasteiger partial charge in [0, 0.05) is 19.8 Å². The number of hydrogen-bond acceptors (Lipinski definition) is 2. The molecule has 2 heteroatoms. The molecule has 0 N–H and O–H groups in total. The van der Waals surface area contributed by atoms with Crippen molar-refractivity contribution in [2.24, 2.45) is 4.99 Å². The van der Waals surface area contributed by atoms with E-state index in [4.69, 9.17) is 0 Å². The Kier molecular flexibility index (Phi) is 7.17. The first kappa shape index (κ1) is 13.2. The maximum absolute atomic E-state index is 4.43. The maximum atomic E-state index is 4.43. The van der Waals surface area contributed by atoms with Gasteiger partial charge in [0.15, 0.2) is 0 Å². The number of aliphatic imine (C=N–C) groups is 1. The molecule has 0 unspecified atom stereocenters. The highest BCUT2D eigenvalue weighted by Gasteiger charge is 2.10. The Morgan fingerprint density at radius 3 is 2.50 bits per heavy atom. The summed E-state index contributed by atoms with van der Waals surface area (Å²) in [6.07, 6.45) is 5.47. The summed E-state index contributed by atoms with van der Waals surface area (Å²) in [5.41, 5.74) is 1.50. The first-order valence-corrected chi connectivity index (χ1v) is 5.75. The number of allylic oxidation sites excluding steroid dienone is 1. The molecule has 0 radical (unpaired) electrons. The van der Waals surface area contributed by atoms with E-state index < -0.39 is 0 Å². The van der Waals surface area contributed by atoms with Gasteiger partial charge in [0.05, 0.1) is 0 Å². The van der Waals surface area contributed by atoms with Gasteiger partial charge in [-0.25, -0.2) is 4.99 Å². The summed E-state index contributed by atoms with van der Waals surface area (Å²) >= 11 is 0. The molecule has 1 aliphatic rings. The van der Waals surface area contributed by atoms with Gasteiger partial charge in [-0.1, -0.05) is 20.8 Å². The van der Waals surface area contributed by atoms with Crippen molar-refractivity contribution in [3.05, 3.63) is 11.4 Å². The van der Waals surface area contributed by atoms with E-state index in [2.05, 4.69) is 30.8 Å². The monoisotopic (exact) mass is 196 g/mol. The van der Waals surface area contributed by atoms with Crippen LogP contribution < -0.4 is 0 Å². The predicted molar refractivity (Wildman–Crippen MR) is 64.7 cm³/mol. The SMILES string of the molecule is CC.CCC1=C(N(C)CC)N=CCC1. The fourth-order valence-electron chi connectivity index (χ4n) is 1.45. The average Bonchev–Trinajstić information content (AvgIpc) is 2.30. The summed E-state index contributed by atoms with van der Waals surface area (Å²) in [4.78, 5) is 6.65. The molecule has 14 heavy (non-hydrogen) atoms. The third-order valence-corrected chi connectivity index (χ3v) is 2.37. The number of hydrogen-bond donors (Lipinski definition) is 0. The Bertz CT molecular complexity index is 204. The van der Waals surface area contributed by atoms with Crippen LogP contribution in [-0.2, 0) is 0 Å². The van der Waals surface area contributed by atoms with Crippen molar-refractivity contribution in [3.63, 3.8) is 0 Å². The van der Waals surface area contributed by atoms with Crippen molar-refractivity contribution in [3.8, 4) is 0 Å². The van der Waals surface area contributed by atoms with Crippen LogP contribution in [0.15, 0.2) is 16.4 Å². The Labute approximate surface area is 88.7 Å². The molecule has 2 nitrogen and oxygen atoms in total. The second-order valence-corrected chi connectivity index (χ2v) is 3.15. The van der Waals surface area contributed by atoms with Crippen molar-refractivity contribution < 1.29 is 0 Å². The minimum absolute atomic E-state index is 1.04. The zero-order valence-corrected chi connectivity index (χ0v) is 10.3. The Morgan fingerprint density at radius 1 is 1.36 bits per heavy atom. The van der Waals surface area contributed by atoms with E-state index in [-0.39, 0.29) is 0 Å². The number of nitrogens with zero attached hydrogens (tertiary/aromatic N) is 2. The molecule has 0 aromatic rings. The lowest BCUT2D eigenvalue weighted by Crippen LogP contribution is -2.19. The van der Waals surface area contributed by atoms with Crippen LogP contribution in [0.25, 0.3) is 0 Å². The smallest absolute Gasteiger partial charge is 0.126 e. The molecule has 0 atom stereocenters. The Morgan fingerprint density at radius 2 is 2.00 bits per heavy atom. The van der Waals surface area contributed by atoms with Gasteiger partial charge < -0.3 is 4.90 Å². The van der Waals surface area contributed by atoms with Crippen LogP contribution in [0.1, 0.15) is 47.0 Å². The molecule has 0 aliphatic carbocycles. The highest BCUT2D eigenvalue weighted by molar-refractivity contribution is 5.61. The summed E-state index contributed by atoms with van der Waals surface area (Å²) in [6.45, 7) is 9.40. The zero-order valence-electron chi connectivity index (χ0n) is 10.3. The molecule has 82 valence electrons. The van der Waals surface area contributed by atoms with Crippen molar-refractivity contribution in [1.29, 1.82) is 0 Å². The molecule has 1 rings (SSSR count). The van der Waals surface area contributed by atoms with Crippen LogP contribution in [-0.4, -0.2) is 24.7 Å². The number of rotatable bonds is 3. The van der Waals surface area contributed by atoms with Crippen LogP contribution in [0.3, 0.4) is 0 Å². The van der Waals surface area contributed by atoms with E-state index in [9.17, 15) is 0 Å². The Hall–Kier alpha value is -0.790. The quantitative estimate of drug-likeness (QED) is 0.675. The minimum Gasteiger partial charge on any atom is -0.360 e. The standard InChI is InChI=1S/C10H18N2.C2H6/c1-4-9-7-6-8-11-10(9)12(3)5-2;1-2/h8H,4-7H2,1-3H3;1-2H3. The van der Waals surface area contributed by atoms with Crippen LogP contribution in [0.4, 0.5) is 0 Å². The topological polar surface area (TPSA) is 15.6 Å². The van der Waals surface area contributed by atoms with E-state index in [0.717, 1.165) is 19.4 Å². The lowest BCUT2D eigenvalue weighted by atomic mass is 10.1. The van der Waals surface area contributed by atoms with Crippen LogP contribution >= 0.6 is 0 Å². The lowest BCUT2D eigenvalue weighted by molar-refractivity contribution is 0.426. The summed E-state index contributed by atoms with van der Waals surface area (Å²) < 4.78 is 0. The van der Waals surface area contributed by atoms with Crippen LogP contribution in [0.2, 0.25) is 0 Å². The summed E-state index contributed by atoms with van der Waals surface area (Å²) in [7, 11) is 2.10. The zero-order chi connectivity index (χ0) is 11.0. The molecule has 0 saturated heterocycles. The average molecular weight is 196 g/mol. The van der Waals surface area contributed by atoms with Crippen molar-refractivity contribution in [1.82, 2.24) is 4.90 Å². The molecule has 0 aromatic heterocycles. The summed E-state index contributed by atoms with van der Waals surface area (Å²) in [5.74, 6) is 1.20. The molecule has 0 bridgehead atoms. The molecule has 0 fully saturated rings. The minimum atomic E-state index is 1.04. The first-order valence-electron chi connectivity index (χ1n) is 5.75. The van der Waals surface area contributed by atoms with Gasteiger partial charge in [0.25, 0.3) is 0 Å². The maximum Gasteiger partial charge on any atom is 0.126 e. The van der Waals surface area contributed by atoms with Gasteiger partial charge in [-0.15, -0.1) is 0 Å². The van der Waals surface area contributed by atoms with Gasteiger partial charge in [-0.05, 0) is 31.8 Å². The first-order chi connectivity index (χ1) is 6.79. The third kappa shape index (κ3) is 3.52. The van der Waals surface area contributed by atoms with Crippen LogP contribution in [0.5, 0.6) is 0 Å². The van der Waals surface area contributed by atoms with Gasteiger partial charge >= 0.3 is 0 Å². The fraction of sp³-hybridized carbons (Fsp3) is 0.750. The second-order valence-electron chi connectivity index (χ2n) is 3.15.